The minimum atomic E-state index is -1.13. The molecule has 0 aliphatic carbocycles. The zero-order chi connectivity index (χ0) is 22.0. The molecule has 0 amide bonds. The molecule has 0 unspecified atom stereocenters. The van der Waals surface area contributed by atoms with E-state index in [9.17, 15) is 14.7 Å². The number of nitrogens with one attached hydrogen (secondary N) is 1. The Kier molecular flexibility index (Phi) is 5.27. The number of aromatic nitrogens is 6. The monoisotopic (exact) mass is 418 g/mol. The number of carbonyl (C=O) groups is 2. The molecule has 2 heterocycles. The van der Waals surface area contributed by atoms with Gasteiger partial charge in [0, 0.05) is 12.0 Å². The van der Waals surface area contributed by atoms with Crippen LogP contribution in [0, 0.1) is 6.92 Å². The first-order chi connectivity index (χ1) is 14.9. The maximum atomic E-state index is 11.7. The van der Waals surface area contributed by atoms with Crippen molar-refractivity contribution < 1.29 is 19.8 Å². The van der Waals surface area contributed by atoms with Crippen LogP contribution in [0.15, 0.2) is 48.5 Å². The number of aryl methyl sites for hydroxylation is 1. The van der Waals surface area contributed by atoms with Crippen LogP contribution in [-0.4, -0.2) is 52.6 Å². The van der Waals surface area contributed by atoms with Gasteiger partial charge in [-0.2, -0.15) is 10.3 Å². The zero-order valence-electron chi connectivity index (χ0n) is 16.5. The van der Waals surface area contributed by atoms with Gasteiger partial charge in [-0.1, -0.05) is 48.5 Å². The Bertz CT molecular complexity index is 1250. The summed E-state index contributed by atoms with van der Waals surface area (Å²) in [7, 11) is 0. The highest BCUT2D eigenvalue weighted by Crippen LogP contribution is 2.30. The number of hydrogen-bond donors (Lipinski definition) is 3. The molecule has 0 radical (unpaired) electrons. The SMILES string of the molecule is Cc1nn(CC(=O)O)c(Cc2ccc(-c3ccccc3-c3nn[nH]n3)cc2)c1C(=O)O. The quantitative estimate of drug-likeness (QED) is 0.414. The second-order valence-electron chi connectivity index (χ2n) is 6.92. The van der Waals surface area contributed by atoms with Crippen molar-refractivity contribution in [2.24, 2.45) is 0 Å². The maximum absolute atomic E-state index is 11.7. The van der Waals surface area contributed by atoms with E-state index in [1.165, 1.54) is 4.68 Å². The second-order valence-corrected chi connectivity index (χ2v) is 6.92. The molecule has 2 aromatic heterocycles. The number of nitrogens with zero attached hydrogens (tertiary/aromatic N) is 5. The third-order valence-corrected chi connectivity index (χ3v) is 4.88. The van der Waals surface area contributed by atoms with Gasteiger partial charge in [-0.05, 0) is 28.8 Å². The lowest BCUT2D eigenvalue weighted by Crippen LogP contribution is -2.14. The van der Waals surface area contributed by atoms with Gasteiger partial charge in [-0.15, -0.1) is 10.2 Å². The van der Waals surface area contributed by atoms with Crippen LogP contribution in [-0.2, 0) is 17.8 Å². The van der Waals surface area contributed by atoms with Crippen LogP contribution in [0.2, 0.25) is 0 Å². The fourth-order valence-electron chi connectivity index (χ4n) is 3.55. The fraction of sp³-hybridized carbons (Fsp3) is 0.143. The first-order valence-electron chi connectivity index (χ1n) is 9.37. The van der Waals surface area contributed by atoms with Crippen LogP contribution in [0.25, 0.3) is 22.5 Å². The van der Waals surface area contributed by atoms with E-state index in [1.807, 2.05) is 48.5 Å². The van der Waals surface area contributed by atoms with Crippen LogP contribution >= 0.6 is 0 Å². The molecule has 4 aromatic rings. The molecule has 2 aromatic carbocycles. The molecule has 3 N–H and O–H groups in total. The number of rotatable bonds is 7. The minimum Gasteiger partial charge on any atom is -0.480 e. The van der Waals surface area contributed by atoms with Crippen molar-refractivity contribution in [3.05, 3.63) is 71.0 Å². The molecular weight excluding hydrogens is 400 g/mol. The average molecular weight is 418 g/mol. The number of aromatic amines is 1. The molecule has 0 spiro atoms. The van der Waals surface area contributed by atoms with Gasteiger partial charge in [0.1, 0.15) is 12.1 Å². The predicted molar refractivity (Wildman–Crippen MR) is 109 cm³/mol. The number of aromatic carboxylic acids is 1. The van der Waals surface area contributed by atoms with E-state index < -0.39 is 18.5 Å². The summed E-state index contributed by atoms with van der Waals surface area (Å²) < 4.78 is 1.24. The smallest absolute Gasteiger partial charge is 0.339 e. The largest absolute Gasteiger partial charge is 0.480 e. The van der Waals surface area contributed by atoms with Crippen molar-refractivity contribution in [2.45, 2.75) is 19.9 Å². The Morgan fingerprint density at radius 3 is 2.35 bits per heavy atom. The summed E-state index contributed by atoms with van der Waals surface area (Å²) in [5.41, 5.74) is 4.18. The lowest BCUT2D eigenvalue weighted by molar-refractivity contribution is -0.137. The van der Waals surface area contributed by atoms with Crippen LogP contribution in [0.3, 0.4) is 0 Å². The summed E-state index contributed by atoms with van der Waals surface area (Å²) in [4.78, 5) is 22.9. The third-order valence-electron chi connectivity index (χ3n) is 4.88. The Morgan fingerprint density at radius 2 is 1.74 bits per heavy atom. The summed E-state index contributed by atoms with van der Waals surface area (Å²) in [5.74, 6) is -1.73. The maximum Gasteiger partial charge on any atom is 0.339 e. The normalized spacial score (nSPS) is 10.9. The van der Waals surface area contributed by atoms with Crippen molar-refractivity contribution in [1.29, 1.82) is 0 Å². The molecule has 0 saturated carbocycles. The number of tetrazole rings is 1. The number of benzene rings is 2. The third kappa shape index (κ3) is 4.04. The first kappa shape index (κ1) is 20.0. The van der Waals surface area contributed by atoms with Gasteiger partial charge in [0.25, 0.3) is 0 Å². The molecule has 0 bridgehead atoms. The highest BCUT2D eigenvalue weighted by atomic mass is 16.4. The Morgan fingerprint density at radius 1 is 1.03 bits per heavy atom. The summed E-state index contributed by atoms with van der Waals surface area (Å²) in [6.07, 6.45) is 0.239. The molecule has 31 heavy (non-hydrogen) atoms. The lowest BCUT2D eigenvalue weighted by atomic mass is 9.97. The number of carboxylic acids is 2. The van der Waals surface area contributed by atoms with Gasteiger partial charge in [-0.3, -0.25) is 9.48 Å². The number of hydrogen-bond acceptors (Lipinski definition) is 6. The van der Waals surface area contributed by atoms with Crippen molar-refractivity contribution in [2.75, 3.05) is 0 Å². The van der Waals surface area contributed by atoms with Crippen molar-refractivity contribution >= 4 is 11.9 Å². The molecule has 0 saturated heterocycles. The van der Waals surface area contributed by atoms with Crippen LogP contribution in [0.4, 0.5) is 0 Å². The van der Waals surface area contributed by atoms with Crippen molar-refractivity contribution in [3.63, 3.8) is 0 Å². The summed E-state index contributed by atoms with van der Waals surface area (Å²) in [5, 5.41) is 37.0. The number of H-pyrrole nitrogens is 1. The van der Waals surface area contributed by atoms with Gasteiger partial charge in [-0.25, -0.2) is 4.79 Å². The Hall–Kier alpha value is -4.34. The molecule has 156 valence electrons. The molecule has 4 rings (SSSR count). The van der Waals surface area contributed by atoms with Crippen LogP contribution in [0.1, 0.15) is 27.3 Å². The summed E-state index contributed by atoms with van der Waals surface area (Å²) in [6, 6.07) is 15.2. The average Bonchev–Trinajstić information content (AvgIpc) is 3.37. The molecular formula is C21H18N6O4. The van der Waals surface area contributed by atoms with Gasteiger partial charge >= 0.3 is 11.9 Å². The molecule has 0 aliphatic heterocycles. The minimum absolute atomic E-state index is 0.0350. The van der Waals surface area contributed by atoms with E-state index in [1.54, 1.807) is 6.92 Å². The molecule has 0 atom stereocenters. The van der Waals surface area contributed by atoms with Gasteiger partial charge in [0.05, 0.1) is 11.4 Å². The zero-order valence-corrected chi connectivity index (χ0v) is 16.5. The number of carboxylic acid groups (broad SMARTS) is 2. The Balaban J connectivity index is 1.67. The van der Waals surface area contributed by atoms with E-state index in [4.69, 9.17) is 5.11 Å². The first-order valence-corrected chi connectivity index (χ1v) is 9.37. The van der Waals surface area contributed by atoms with E-state index in [-0.39, 0.29) is 17.7 Å². The highest BCUT2D eigenvalue weighted by molar-refractivity contribution is 5.90. The van der Waals surface area contributed by atoms with Gasteiger partial charge < -0.3 is 10.2 Å². The molecule has 0 fully saturated rings. The van der Waals surface area contributed by atoms with E-state index in [2.05, 4.69) is 25.7 Å². The molecule has 10 heteroatoms. The second kappa shape index (κ2) is 8.19. The van der Waals surface area contributed by atoms with E-state index in [0.717, 1.165) is 22.3 Å². The van der Waals surface area contributed by atoms with Crippen molar-refractivity contribution in [3.8, 4) is 22.5 Å². The van der Waals surface area contributed by atoms with Gasteiger partial charge in [0.15, 0.2) is 0 Å². The van der Waals surface area contributed by atoms with Crippen LogP contribution < -0.4 is 0 Å². The van der Waals surface area contributed by atoms with E-state index in [0.29, 0.717) is 11.5 Å². The highest BCUT2D eigenvalue weighted by Gasteiger charge is 2.22. The number of aliphatic carboxylic acids is 1. The molecule has 10 nitrogen and oxygen atoms in total. The summed E-state index contributed by atoms with van der Waals surface area (Å²) in [6.45, 7) is 1.16. The molecule has 0 aliphatic rings. The van der Waals surface area contributed by atoms with Gasteiger partial charge in [0.2, 0.25) is 5.82 Å². The van der Waals surface area contributed by atoms with E-state index >= 15 is 0 Å². The lowest BCUT2D eigenvalue weighted by Gasteiger charge is -2.10. The standard InChI is InChI=1S/C21H18N6O4/c1-12-19(21(30)31)17(27(24-12)11-18(28)29)10-13-6-8-14(9-7-13)15-4-2-3-5-16(15)20-22-25-26-23-20/h2-9H,10-11H2,1H3,(H,28,29)(H,30,31)(H,22,23,25,26). The van der Waals surface area contributed by atoms with Crippen molar-refractivity contribution in [1.82, 2.24) is 30.4 Å². The summed E-state index contributed by atoms with van der Waals surface area (Å²) >= 11 is 0. The fourth-order valence-corrected chi connectivity index (χ4v) is 3.55. The van der Waals surface area contributed by atoms with Crippen LogP contribution in [0.5, 0.6) is 0 Å². The Labute approximate surface area is 176 Å². The predicted octanol–water partition coefficient (Wildman–Crippen LogP) is 2.41. The topological polar surface area (TPSA) is 147 Å².